The molecule has 1 aromatic carbocycles. The van der Waals surface area contributed by atoms with E-state index in [1.165, 1.54) is 0 Å². The van der Waals surface area contributed by atoms with Crippen LogP contribution in [0.1, 0.15) is 33.3 Å². The van der Waals surface area contributed by atoms with Crippen LogP contribution in [0.2, 0.25) is 0 Å². The van der Waals surface area contributed by atoms with Gasteiger partial charge >= 0.3 is 0 Å². The molecular weight excluding hydrogens is 236 g/mol. The van der Waals surface area contributed by atoms with Crippen LogP contribution in [0.4, 0.5) is 0 Å². The summed E-state index contributed by atoms with van der Waals surface area (Å²) in [5.41, 5.74) is 0.845. The molecule has 1 aliphatic rings. The Morgan fingerprint density at radius 1 is 0.895 bits per heavy atom. The second-order valence-corrected chi connectivity index (χ2v) is 5.34. The molecule has 0 saturated heterocycles. The van der Waals surface area contributed by atoms with E-state index >= 15 is 0 Å². The number of nitrogens with zero attached hydrogens (tertiary/aromatic N) is 2. The molecule has 1 heterocycles. The lowest BCUT2D eigenvalue weighted by Crippen LogP contribution is -2.32. The zero-order chi connectivity index (χ0) is 14.0. The van der Waals surface area contributed by atoms with Gasteiger partial charge in [0.2, 0.25) is 0 Å². The molecule has 1 N–H and O–H groups in total. The van der Waals surface area contributed by atoms with Gasteiger partial charge in [-0.1, -0.05) is 30.3 Å². The second kappa shape index (κ2) is 5.39. The predicted molar refractivity (Wildman–Crippen MR) is 79.1 cm³/mol. The van der Waals surface area contributed by atoms with Crippen molar-refractivity contribution in [2.75, 3.05) is 0 Å². The number of aliphatic hydroxyl groups is 1. The number of aliphatic hydroxyl groups excluding tert-OH is 1. The van der Waals surface area contributed by atoms with Gasteiger partial charge in [0.15, 0.2) is 11.6 Å². The molecule has 0 atom stereocenters. The summed E-state index contributed by atoms with van der Waals surface area (Å²) in [5, 5.41) is 10.6. The van der Waals surface area contributed by atoms with Crippen molar-refractivity contribution in [3.8, 4) is 0 Å². The minimum absolute atomic E-state index is 0.306. The molecule has 0 bridgehead atoms. The minimum Gasteiger partial charge on any atom is -0.504 e. The highest BCUT2D eigenvalue weighted by molar-refractivity contribution is 5.62. The quantitative estimate of drug-likeness (QED) is 0.836. The average molecular weight is 258 g/mol. The Hall–Kier alpha value is -1.90. The number of rotatable bonds is 3. The number of hydrogen-bond acceptors (Lipinski definition) is 3. The molecule has 0 amide bonds. The monoisotopic (exact) mass is 258 g/mol. The molecule has 1 aromatic rings. The van der Waals surface area contributed by atoms with Crippen molar-refractivity contribution < 1.29 is 5.11 Å². The second-order valence-electron chi connectivity index (χ2n) is 5.34. The molecule has 2 rings (SSSR count). The maximum Gasteiger partial charge on any atom is 0.164 e. The van der Waals surface area contributed by atoms with Crippen LogP contribution in [0.15, 0.2) is 48.6 Å². The van der Waals surface area contributed by atoms with E-state index in [1.807, 2.05) is 42.7 Å². The third-order valence-electron chi connectivity index (χ3n) is 3.25. The van der Waals surface area contributed by atoms with Crippen molar-refractivity contribution in [2.45, 2.75) is 39.8 Å². The lowest BCUT2D eigenvalue weighted by atomic mass is 10.1. The predicted octanol–water partition coefficient (Wildman–Crippen LogP) is 3.78. The van der Waals surface area contributed by atoms with Crippen LogP contribution in [-0.4, -0.2) is 27.0 Å². The van der Waals surface area contributed by atoms with Crippen LogP contribution < -0.4 is 0 Å². The van der Waals surface area contributed by atoms with Gasteiger partial charge in [0.25, 0.3) is 0 Å². The van der Waals surface area contributed by atoms with Crippen LogP contribution in [-0.2, 0) is 0 Å². The third kappa shape index (κ3) is 2.60. The highest BCUT2D eigenvalue weighted by Gasteiger charge is 2.27. The molecular formula is C16H22N2O. The van der Waals surface area contributed by atoms with Gasteiger partial charge in [-0.25, -0.2) is 0 Å². The molecule has 0 unspecified atom stereocenters. The van der Waals surface area contributed by atoms with Crippen LogP contribution in [0.5, 0.6) is 0 Å². The van der Waals surface area contributed by atoms with Crippen LogP contribution in [0.25, 0.3) is 5.76 Å². The van der Waals surface area contributed by atoms with Crippen LogP contribution >= 0.6 is 0 Å². The molecule has 0 fully saturated rings. The van der Waals surface area contributed by atoms with Gasteiger partial charge in [0.1, 0.15) is 0 Å². The maximum absolute atomic E-state index is 10.6. The first-order valence-corrected chi connectivity index (χ1v) is 6.76. The highest BCUT2D eigenvalue weighted by atomic mass is 16.3. The fraction of sp³-hybridized carbons (Fsp3) is 0.375. The van der Waals surface area contributed by atoms with Gasteiger partial charge in [-0.2, -0.15) is 0 Å². The molecule has 3 nitrogen and oxygen atoms in total. The van der Waals surface area contributed by atoms with Gasteiger partial charge in [-0.3, -0.25) is 0 Å². The Labute approximate surface area is 115 Å². The molecule has 102 valence electrons. The lowest BCUT2D eigenvalue weighted by Gasteiger charge is -2.31. The van der Waals surface area contributed by atoms with E-state index in [0.717, 1.165) is 11.4 Å². The van der Waals surface area contributed by atoms with Gasteiger partial charge < -0.3 is 14.9 Å². The zero-order valence-electron chi connectivity index (χ0n) is 12.0. The zero-order valence-corrected chi connectivity index (χ0v) is 12.0. The molecule has 0 saturated carbocycles. The Bertz CT molecular complexity index is 469. The van der Waals surface area contributed by atoms with Crippen molar-refractivity contribution in [1.29, 1.82) is 0 Å². The smallest absolute Gasteiger partial charge is 0.164 e. The summed E-state index contributed by atoms with van der Waals surface area (Å²) in [6, 6.07) is 10.3. The van der Waals surface area contributed by atoms with Crippen molar-refractivity contribution in [3.63, 3.8) is 0 Å². The summed E-state index contributed by atoms with van der Waals surface area (Å²) in [6.45, 7) is 8.47. The Kier molecular flexibility index (Phi) is 3.84. The molecule has 0 aliphatic carbocycles. The molecule has 19 heavy (non-hydrogen) atoms. The van der Waals surface area contributed by atoms with Gasteiger partial charge in [-0.15, -0.1) is 0 Å². The lowest BCUT2D eigenvalue weighted by molar-refractivity contribution is 0.273. The third-order valence-corrected chi connectivity index (χ3v) is 3.25. The summed E-state index contributed by atoms with van der Waals surface area (Å²) < 4.78 is 0. The van der Waals surface area contributed by atoms with E-state index in [1.54, 1.807) is 0 Å². The molecule has 3 heteroatoms. The average Bonchev–Trinajstić information content (AvgIpc) is 2.83. The van der Waals surface area contributed by atoms with Crippen LogP contribution in [0.3, 0.4) is 0 Å². The molecule has 0 radical (unpaired) electrons. The maximum atomic E-state index is 10.6. The Morgan fingerprint density at radius 3 is 1.79 bits per heavy atom. The SMILES string of the molecule is CC(C)N1C=CN(C(C)C)C1=C(O)c1ccccc1. The summed E-state index contributed by atoms with van der Waals surface area (Å²) in [5.74, 6) is 1.18. The first-order valence-electron chi connectivity index (χ1n) is 6.76. The number of hydrogen-bond donors (Lipinski definition) is 1. The standard InChI is InChI=1S/C16H22N2O/c1-12(2)17-10-11-18(13(3)4)16(17)15(19)14-8-6-5-7-9-14/h5-13,19H,1-4H3. The topological polar surface area (TPSA) is 26.7 Å². The molecule has 0 spiro atoms. The van der Waals surface area contributed by atoms with E-state index in [2.05, 4.69) is 37.5 Å². The van der Waals surface area contributed by atoms with Crippen molar-refractivity contribution in [2.24, 2.45) is 0 Å². The summed E-state index contributed by atoms with van der Waals surface area (Å²) in [7, 11) is 0. The summed E-state index contributed by atoms with van der Waals surface area (Å²) >= 11 is 0. The fourth-order valence-electron chi connectivity index (χ4n) is 2.22. The van der Waals surface area contributed by atoms with E-state index < -0.39 is 0 Å². The van der Waals surface area contributed by atoms with Gasteiger partial charge in [0, 0.05) is 30.0 Å². The largest absolute Gasteiger partial charge is 0.504 e. The summed E-state index contributed by atoms with van der Waals surface area (Å²) in [4.78, 5) is 4.20. The fourth-order valence-corrected chi connectivity index (χ4v) is 2.22. The Balaban J connectivity index is 2.47. The van der Waals surface area contributed by atoms with E-state index in [9.17, 15) is 5.11 Å². The van der Waals surface area contributed by atoms with Crippen LogP contribution in [0, 0.1) is 0 Å². The highest BCUT2D eigenvalue weighted by Crippen LogP contribution is 2.30. The first-order chi connectivity index (χ1) is 9.02. The normalized spacial score (nSPS) is 14.9. The van der Waals surface area contributed by atoms with Gasteiger partial charge in [0.05, 0.1) is 0 Å². The Morgan fingerprint density at radius 2 is 1.37 bits per heavy atom. The minimum atomic E-state index is 0.306. The van der Waals surface area contributed by atoms with Crippen molar-refractivity contribution in [1.82, 2.24) is 9.80 Å². The van der Waals surface area contributed by atoms with E-state index in [-0.39, 0.29) is 0 Å². The van der Waals surface area contributed by atoms with Crippen molar-refractivity contribution >= 4 is 5.76 Å². The van der Waals surface area contributed by atoms with Crippen molar-refractivity contribution in [3.05, 3.63) is 54.1 Å². The first kappa shape index (κ1) is 13.5. The molecule has 1 aliphatic heterocycles. The van der Waals surface area contributed by atoms with E-state index in [4.69, 9.17) is 0 Å². The molecule has 0 aromatic heterocycles. The van der Waals surface area contributed by atoms with E-state index in [0.29, 0.717) is 17.8 Å². The van der Waals surface area contributed by atoms with Gasteiger partial charge in [-0.05, 0) is 27.7 Å². The summed E-state index contributed by atoms with van der Waals surface area (Å²) in [6.07, 6.45) is 4.05. The number of benzene rings is 1.